The lowest BCUT2D eigenvalue weighted by molar-refractivity contribution is -0.128. The molecule has 0 saturated carbocycles. The zero-order valence-corrected chi connectivity index (χ0v) is 9.67. The van der Waals surface area contributed by atoms with Crippen molar-refractivity contribution in [2.24, 2.45) is 0 Å². The number of amides is 4. The average Bonchev–Trinajstić information content (AvgIpc) is 2.75. The summed E-state index contributed by atoms with van der Waals surface area (Å²) in [7, 11) is 0. The molecule has 1 saturated heterocycles. The molecule has 17 heavy (non-hydrogen) atoms. The second kappa shape index (κ2) is 3.63. The van der Waals surface area contributed by atoms with Crippen molar-refractivity contribution in [3.8, 4) is 0 Å². The van der Waals surface area contributed by atoms with Gasteiger partial charge in [-0.2, -0.15) is 0 Å². The molecule has 1 aromatic rings. The smallest absolute Gasteiger partial charge is 0.277 e. The monoisotopic (exact) mass is 251 g/mol. The van der Waals surface area contributed by atoms with Crippen LogP contribution in [0.15, 0.2) is 0 Å². The van der Waals surface area contributed by atoms with Gasteiger partial charge in [0.05, 0.1) is 5.69 Å². The third-order valence-electron chi connectivity index (χ3n) is 2.79. The first-order valence-corrected chi connectivity index (χ1v) is 6.12. The fraction of sp³-hybridized carbons (Fsp3) is 0.400. The molecule has 1 aromatic heterocycles. The molecule has 88 valence electrons. The van der Waals surface area contributed by atoms with E-state index in [9.17, 15) is 14.4 Å². The van der Waals surface area contributed by atoms with Crippen LogP contribution in [0.2, 0.25) is 0 Å². The van der Waals surface area contributed by atoms with Crippen LogP contribution in [-0.2, 0) is 22.4 Å². The second-order valence-corrected chi connectivity index (χ2v) is 5.04. The Hall–Kier alpha value is -1.76. The molecule has 0 radical (unpaired) electrons. The molecule has 7 heteroatoms. The van der Waals surface area contributed by atoms with E-state index in [-0.39, 0.29) is 6.42 Å². The van der Waals surface area contributed by atoms with Crippen LogP contribution in [0.1, 0.15) is 23.4 Å². The molecule has 0 aromatic carbocycles. The number of fused-ring (bicyclic) bond motifs is 1. The highest BCUT2D eigenvalue weighted by molar-refractivity contribution is 7.16. The van der Waals surface area contributed by atoms with E-state index in [2.05, 4.69) is 10.3 Å². The summed E-state index contributed by atoms with van der Waals surface area (Å²) in [6, 6.07) is -0.696. The van der Waals surface area contributed by atoms with Crippen molar-refractivity contribution < 1.29 is 14.4 Å². The predicted octanol–water partition coefficient (Wildman–Crippen LogP) is 0.605. The van der Waals surface area contributed by atoms with Crippen molar-refractivity contribution in [3.63, 3.8) is 0 Å². The van der Waals surface area contributed by atoms with E-state index in [0.717, 1.165) is 34.7 Å². The predicted molar refractivity (Wildman–Crippen MR) is 59.8 cm³/mol. The lowest BCUT2D eigenvalue weighted by Gasteiger charge is -2.21. The molecule has 0 unspecified atom stereocenters. The van der Waals surface area contributed by atoms with E-state index in [4.69, 9.17) is 0 Å². The van der Waals surface area contributed by atoms with E-state index < -0.39 is 17.8 Å². The van der Waals surface area contributed by atoms with Gasteiger partial charge in [-0.25, -0.2) is 14.7 Å². The maximum atomic E-state index is 11.7. The molecule has 6 nitrogen and oxygen atoms in total. The van der Waals surface area contributed by atoms with Crippen LogP contribution < -0.4 is 10.2 Å². The standard InChI is InChI=1S/C10H9N3O3S/c14-7-4-8(15)13(9(16)12-7)10-11-5-2-1-3-6(5)17-10/h1-4H2,(H,12,14,16). The van der Waals surface area contributed by atoms with Crippen LogP contribution in [0.4, 0.5) is 9.93 Å². The van der Waals surface area contributed by atoms with E-state index >= 15 is 0 Å². The summed E-state index contributed by atoms with van der Waals surface area (Å²) in [6.07, 6.45) is 2.63. The lowest BCUT2D eigenvalue weighted by atomic mass is 10.3. The third kappa shape index (κ3) is 1.62. The Morgan fingerprint density at radius 3 is 2.76 bits per heavy atom. The molecule has 1 aliphatic heterocycles. The Labute approximate surface area is 101 Å². The molecule has 0 spiro atoms. The topological polar surface area (TPSA) is 79.4 Å². The third-order valence-corrected chi connectivity index (χ3v) is 3.93. The Morgan fingerprint density at radius 2 is 2.06 bits per heavy atom. The van der Waals surface area contributed by atoms with Gasteiger partial charge in [-0.05, 0) is 19.3 Å². The summed E-state index contributed by atoms with van der Waals surface area (Å²) in [5, 5.41) is 2.50. The van der Waals surface area contributed by atoms with Gasteiger partial charge in [-0.3, -0.25) is 14.9 Å². The Kier molecular flexibility index (Phi) is 2.22. The second-order valence-electron chi connectivity index (χ2n) is 3.98. The van der Waals surface area contributed by atoms with Gasteiger partial charge in [-0.15, -0.1) is 11.3 Å². The first-order chi connectivity index (χ1) is 8.15. The van der Waals surface area contributed by atoms with Gasteiger partial charge in [-0.1, -0.05) is 0 Å². The van der Waals surface area contributed by atoms with Crippen LogP contribution in [0, 0.1) is 0 Å². The lowest BCUT2D eigenvalue weighted by Crippen LogP contribution is -2.52. The Balaban J connectivity index is 1.94. The molecule has 1 fully saturated rings. The summed E-state index contributed by atoms with van der Waals surface area (Å²) in [6.45, 7) is 0. The van der Waals surface area contributed by atoms with Gasteiger partial charge in [0, 0.05) is 4.88 Å². The van der Waals surface area contributed by atoms with Crippen molar-refractivity contribution in [3.05, 3.63) is 10.6 Å². The number of anilines is 1. The number of rotatable bonds is 1. The Bertz CT molecular complexity index is 495. The molecule has 0 atom stereocenters. The molecule has 4 amide bonds. The number of nitrogens with zero attached hydrogens (tertiary/aromatic N) is 2. The molecular weight excluding hydrogens is 242 g/mol. The summed E-state index contributed by atoms with van der Waals surface area (Å²) in [5.41, 5.74) is 0.975. The summed E-state index contributed by atoms with van der Waals surface area (Å²) in [4.78, 5) is 40.6. The maximum absolute atomic E-state index is 11.7. The molecule has 0 bridgehead atoms. The fourth-order valence-corrected chi connectivity index (χ4v) is 3.18. The molecule has 1 aliphatic carbocycles. The van der Waals surface area contributed by atoms with E-state index in [1.165, 1.54) is 11.3 Å². The highest BCUT2D eigenvalue weighted by Crippen LogP contribution is 2.33. The van der Waals surface area contributed by atoms with Crippen molar-refractivity contribution in [1.29, 1.82) is 0 Å². The van der Waals surface area contributed by atoms with Crippen LogP contribution in [0.3, 0.4) is 0 Å². The van der Waals surface area contributed by atoms with Crippen molar-refractivity contribution in [2.75, 3.05) is 4.90 Å². The molecular formula is C10H9N3O3S. The minimum Gasteiger partial charge on any atom is -0.277 e. The number of aromatic nitrogens is 1. The van der Waals surface area contributed by atoms with E-state index in [1.807, 2.05) is 0 Å². The Morgan fingerprint density at radius 1 is 1.24 bits per heavy atom. The molecule has 1 N–H and O–H groups in total. The zero-order valence-electron chi connectivity index (χ0n) is 8.86. The highest BCUT2D eigenvalue weighted by Gasteiger charge is 2.35. The number of carbonyl (C=O) groups excluding carboxylic acids is 3. The number of nitrogens with one attached hydrogen (secondary N) is 1. The van der Waals surface area contributed by atoms with Gasteiger partial charge < -0.3 is 0 Å². The van der Waals surface area contributed by atoms with Crippen molar-refractivity contribution >= 4 is 34.3 Å². The van der Waals surface area contributed by atoms with Crippen LogP contribution >= 0.6 is 11.3 Å². The molecule has 2 aliphatic rings. The van der Waals surface area contributed by atoms with Gasteiger partial charge in [0.1, 0.15) is 6.42 Å². The van der Waals surface area contributed by atoms with Crippen LogP contribution in [0.25, 0.3) is 0 Å². The van der Waals surface area contributed by atoms with E-state index in [0.29, 0.717) is 5.13 Å². The summed E-state index contributed by atoms with van der Waals surface area (Å²) >= 11 is 1.36. The SMILES string of the molecule is O=C1CC(=O)N(c2nc3c(s2)CCC3)C(=O)N1. The molecule has 2 heterocycles. The normalized spacial score (nSPS) is 19.5. The zero-order chi connectivity index (χ0) is 12.0. The number of hydrogen-bond donors (Lipinski definition) is 1. The quantitative estimate of drug-likeness (QED) is 0.741. The van der Waals surface area contributed by atoms with Crippen LogP contribution in [-0.4, -0.2) is 22.8 Å². The number of barbiturate groups is 1. The van der Waals surface area contributed by atoms with E-state index in [1.54, 1.807) is 0 Å². The minimum atomic E-state index is -0.696. The number of aryl methyl sites for hydroxylation is 2. The van der Waals surface area contributed by atoms with Gasteiger partial charge >= 0.3 is 6.03 Å². The number of urea groups is 1. The van der Waals surface area contributed by atoms with Crippen molar-refractivity contribution in [1.82, 2.24) is 10.3 Å². The highest BCUT2D eigenvalue weighted by atomic mass is 32.1. The molecule has 3 rings (SSSR count). The number of hydrogen-bond acceptors (Lipinski definition) is 5. The first-order valence-electron chi connectivity index (χ1n) is 5.30. The fourth-order valence-electron chi connectivity index (χ4n) is 2.01. The number of imide groups is 2. The summed E-state index contributed by atoms with van der Waals surface area (Å²) < 4.78 is 0. The number of thiazole rings is 1. The van der Waals surface area contributed by atoms with Gasteiger partial charge in [0.2, 0.25) is 16.9 Å². The average molecular weight is 251 g/mol. The van der Waals surface area contributed by atoms with Crippen LogP contribution in [0.5, 0.6) is 0 Å². The van der Waals surface area contributed by atoms with Gasteiger partial charge in [0.25, 0.3) is 0 Å². The number of carbonyl (C=O) groups is 3. The minimum absolute atomic E-state index is 0.296. The van der Waals surface area contributed by atoms with Crippen molar-refractivity contribution in [2.45, 2.75) is 25.7 Å². The maximum Gasteiger partial charge on any atom is 0.337 e. The van der Waals surface area contributed by atoms with Gasteiger partial charge in [0.15, 0.2) is 0 Å². The first kappa shape index (κ1) is 10.4. The largest absolute Gasteiger partial charge is 0.337 e. The summed E-state index contributed by atoms with van der Waals surface area (Å²) in [5.74, 6) is -1.06.